The van der Waals surface area contributed by atoms with Gasteiger partial charge in [-0.2, -0.15) is 0 Å². The zero-order valence-corrected chi connectivity index (χ0v) is 12.0. The lowest BCUT2D eigenvalue weighted by Gasteiger charge is -2.17. The van der Waals surface area contributed by atoms with E-state index < -0.39 is 0 Å². The molecule has 0 fully saturated rings. The number of rotatable bonds is 8. The van der Waals surface area contributed by atoms with Crippen LogP contribution in [0, 0.1) is 0 Å². The third-order valence-electron chi connectivity index (χ3n) is 3.10. The number of phenols is 1. The molecule has 18 heavy (non-hydrogen) atoms. The molecule has 0 aromatic heterocycles. The molecule has 0 aliphatic heterocycles. The molecule has 1 rings (SSSR count). The molecular formula is C14H23ClN2O. The second-order valence-electron chi connectivity index (χ2n) is 4.31. The van der Waals surface area contributed by atoms with Crippen LogP contribution in [0.15, 0.2) is 18.2 Å². The van der Waals surface area contributed by atoms with E-state index in [4.69, 9.17) is 11.6 Å². The Bertz CT molecular complexity index is 354. The summed E-state index contributed by atoms with van der Waals surface area (Å²) in [7, 11) is 0. The second kappa shape index (κ2) is 8.35. The predicted octanol–water partition coefficient (Wildman–Crippen LogP) is 2.87. The van der Waals surface area contributed by atoms with Crippen molar-refractivity contribution in [2.24, 2.45) is 0 Å². The van der Waals surface area contributed by atoms with Crippen LogP contribution in [0.5, 0.6) is 5.75 Å². The molecule has 0 bridgehead atoms. The Morgan fingerprint density at radius 3 is 2.67 bits per heavy atom. The summed E-state index contributed by atoms with van der Waals surface area (Å²) in [6.07, 6.45) is 1.12. The summed E-state index contributed by atoms with van der Waals surface area (Å²) in [5.74, 6) is 0.152. The molecule has 0 unspecified atom stereocenters. The van der Waals surface area contributed by atoms with Crippen LogP contribution < -0.4 is 5.32 Å². The molecule has 1 aromatic carbocycles. The lowest BCUT2D eigenvalue weighted by atomic mass is 10.2. The molecule has 1 aromatic rings. The fraction of sp³-hybridized carbons (Fsp3) is 0.571. The maximum absolute atomic E-state index is 9.47. The number of nitrogens with one attached hydrogen (secondary N) is 1. The predicted molar refractivity (Wildman–Crippen MR) is 77.2 cm³/mol. The highest BCUT2D eigenvalue weighted by Gasteiger charge is 2.04. The highest BCUT2D eigenvalue weighted by Crippen LogP contribution is 2.26. The lowest BCUT2D eigenvalue weighted by molar-refractivity contribution is 0.298. The zero-order chi connectivity index (χ0) is 13.4. The Hall–Kier alpha value is -0.770. The van der Waals surface area contributed by atoms with E-state index in [1.165, 1.54) is 0 Å². The van der Waals surface area contributed by atoms with Crippen molar-refractivity contribution < 1.29 is 5.11 Å². The van der Waals surface area contributed by atoms with Gasteiger partial charge in [0.2, 0.25) is 0 Å². The van der Waals surface area contributed by atoms with Crippen LogP contribution in [0.3, 0.4) is 0 Å². The Morgan fingerprint density at radius 1 is 1.28 bits per heavy atom. The Balaban J connectivity index is 2.24. The van der Waals surface area contributed by atoms with Crippen LogP contribution in [0.1, 0.15) is 25.8 Å². The summed E-state index contributed by atoms with van der Waals surface area (Å²) in [4.78, 5) is 2.41. The number of hydrogen-bond acceptors (Lipinski definition) is 3. The molecule has 0 amide bonds. The van der Waals surface area contributed by atoms with E-state index in [0.717, 1.165) is 38.2 Å². The van der Waals surface area contributed by atoms with E-state index in [-0.39, 0.29) is 5.75 Å². The lowest BCUT2D eigenvalue weighted by Crippen LogP contribution is -2.27. The van der Waals surface area contributed by atoms with Gasteiger partial charge in [-0.15, -0.1) is 0 Å². The highest BCUT2D eigenvalue weighted by molar-refractivity contribution is 6.32. The fourth-order valence-corrected chi connectivity index (χ4v) is 2.09. The monoisotopic (exact) mass is 270 g/mol. The topological polar surface area (TPSA) is 35.5 Å². The first-order valence-electron chi connectivity index (χ1n) is 6.58. The third kappa shape index (κ3) is 4.84. The summed E-state index contributed by atoms with van der Waals surface area (Å²) in [5.41, 5.74) is 0.944. The molecule has 0 atom stereocenters. The molecule has 0 radical (unpaired) electrons. The average molecular weight is 271 g/mol. The zero-order valence-electron chi connectivity index (χ0n) is 11.2. The maximum atomic E-state index is 9.47. The summed E-state index contributed by atoms with van der Waals surface area (Å²) in [6.45, 7) is 9.36. The van der Waals surface area contributed by atoms with E-state index in [2.05, 4.69) is 24.1 Å². The molecule has 0 aliphatic rings. The van der Waals surface area contributed by atoms with Crippen LogP contribution >= 0.6 is 11.6 Å². The summed E-state index contributed by atoms with van der Waals surface area (Å²) < 4.78 is 0. The van der Waals surface area contributed by atoms with Crippen molar-refractivity contribution in [3.63, 3.8) is 0 Å². The SMILES string of the molecule is CCN(CC)CCCNCc1cccc(O)c1Cl. The van der Waals surface area contributed by atoms with Crippen LogP contribution in [-0.4, -0.2) is 36.2 Å². The third-order valence-corrected chi connectivity index (χ3v) is 3.53. The summed E-state index contributed by atoms with van der Waals surface area (Å²) in [5, 5.41) is 13.3. The van der Waals surface area contributed by atoms with Crippen molar-refractivity contribution in [1.29, 1.82) is 0 Å². The largest absolute Gasteiger partial charge is 0.506 e. The molecule has 2 N–H and O–H groups in total. The van der Waals surface area contributed by atoms with Gasteiger partial charge < -0.3 is 15.3 Å². The van der Waals surface area contributed by atoms with E-state index >= 15 is 0 Å². The van der Waals surface area contributed by atoms with Crippen molar-refractivity contribution in [3.8, 4) is 5.75 Å². The van der Waals surface area contributed by atoms with E-state index in [9.17, 15) is 5.11 Å². The second-order valence-corrected chi connectivity index (χ2v) is 4.69. The molecule has 0 spiro atoms. The standard InChI is InChI=1S/C14H23ClN2O/c1-3-17(4-2)10-6-9-16-11-12-7-5-8-13(18)14(12)15/h5,7-8,16,18H,3-4,6,9-11H2,1-2H3. The molecular weight excluding hydrogens is 248 g/mol. The number of benzene rings is 1. The molecule has 102 valence electrons. The minimum Gasteiger partial charge on any atom is -0.506 e. The Labute approximate surface area is 115 Å². The molecule has 4 heteroatoms. The summed E-state index contributed by atoms with van der Waals surface area (Å²) in [6, 6.07) is 5.35. The maximum Gasteiger partial charge on any atom is 0.134 e. The smallest absolute Gasteiger partial charge is 0.134 e. The molecule has 0 saturated carbocycles. The van der Waals surface area contributed by atoms with Crippen molar-refractivity contribution in [1.82, 2.24) is 10.2 Å². The van der Waals surface area contributed by atoms with Gasteiger partial charge in [-0.1, -0.05) is 37.6 Å². The average Bonchev–Trinajstić information content (AvgIpc) is 2.38. The Kier molecular flexibility index (Phi) is 7.09. The van der Waals surface area contributed by atoms with E-state index in [1.54, 1.807) is 6.07 Å². The van der Waals surface area contributed by atoms with Gasteiger partial charge in [0.15, 0.2) is 0 Å². The number of phenolic OH excluding ortho intramolecular Hbond substituents is 1. The first-order valence-corrected chi connectivity index (χ1v) is 6.96. The van der Waals surface area contributed by atoms with Gasteiger partial charge in [0.1, 0.15) is 5.75 Å². The van der Waals surface area contributed by atoms with Gasteiger partial charge in [-0.05, 0) is 44.2 Å². The van der Waals surface area contributed by atoms with E-state index in [0.29, 0.717) is 11.6 Å². The highest BCUT2D eigenvalue weighted by atomic mass is 35.5. The Morgan fingerprint density at radius 2 is 2.00 bits per heavy atom. The van der Waals surface area contributed by atoms with Crippen LogP contribution in [0.25, 0.3) is 0 Å². The normalized spacial score (nSPS) is 11.1. The first kappa shape index (κ1) is 15.3. The van der Waals surface area contributed by atoms with E-state index in [1.807, 2.05) is 12.1 Å². The molecule has 3 nitrogen and oxygen atoms in total. The van der Waals surface area contributed by atoms with Crippen LogP contribution in [-0.2, 0) is 6.54 Å². The number of aromatic hydroxyl groups is 1. The molecule has 0 saturated heterocycles. The molecule has 0 heterocycles. The van der Waals surface area contributed by atoms with Gasteiger partial charge >= 0.3 is 0 Å². The summed E-state index contributed by atoms with van der Waals surface area (Å²) >= 11 is 6.00. The number of nitrogens with zero attached hydrogens (tertiary/aromatic N) is 1. The van der Waals surface area contributed by atoms with Crippen molar-refractivity contribution in [3.05, 3.63) is 28.8 Å². The van der Waals surface area contributed by atoms with Crippen molar-refractivity contribution >= 4 is 11.6 Å². The number of hydrogen-bond donors (Lipinski definition) is 2. The van der Waals surface area contributed by atoms with Crippen LogP contribution in [0.4, 0.5) is 0 Å². The number of halogens is 1. The fourth-order valence-electron chi connectivity index (χ4n) is 1.89. The van der Waals surface area contributed by atoms with Crippen molar-refractivity contribution in [2.75, 3.05) is 26.2 Å². The minimum atomic E-state index is 0.152. The van der Waals surface area contributed by atoms with Crippen LogP contribution in [0.2, 0.25) is 5.02 Å². The van der Waals surface area contributed by atoms with Crippen molar-refractivity contribution in [2.45, 2.75) is 26.8 Å². The van der Waals surface area contributed by atoms with Gasteiger partial charge in [0, 0.05) is 6.54 Å². The quantitative estimate of drug-likeness (QED) is 0.713. The van der Waals surface area contributed by atoms with Gasteiger partial charge in [0.05, 0.1) is 5.02 Å². The van der Waals surface area contributed by atoms with Gasteiger partial charge in [-0.25, -0.2) is 0 Å². The first-order chi connectivity index (χ1) is 8.69. The molecule has 0 aliphatic carbocycles. The minimum absolute atomic E-state index is 0.152. The van der Waals surface area contributed by atoms with Gasteiger partial charge in [0.25, 0.3) is 0 Å². The van der Waals surface area contributed by atoms with Gasteiger partial charge in [-0.3, -0.25) is 0 Å².